The minimum Gasteiger partial charge on any atom is -0.495 e. The minimum atomic E-state index is -0.160. The topological polar surface area (TPSA) is 76.5 Å². The van der Waals surface area contributed by atoms with Gasteiger partial charge in [0, 0.05) is 12.1 Å². The summed E-state index contributed by atoms with van der Waals surface area (Å²) in [6.45, 7) is 4.46. The van der Waals surface area contributed by atoms with Crippen LogP contribution in [0, 0.1) is 0 Å². The number of benzene rings is 2. The summed E-state index contributed by atoms with van der Waals surface area (Å²) in [4.78, 5) is 32.7. The average Bonchev–Trinajstić information content (AvgIpc) is 3.15. The molecule has 7 nitrogen and oxygen atoms in total. The van der Waals surface area contributed by atoms with E-state index in [0.29, 0.717) is 16.6 Å². The highest BCUT2D eigenvalue weighted by Gasteiger charge is 2.29. The van der Waals surface area contributed by atoms with Gasteiger partial charge in [0.05, 0.1) is 29.6 Å². The molecule has 2 amide bonds. The van der Waals surface area contributed by atoms with Crippen LogP contribution in [0.3, 0.4) is 0 Å². The number of hydrogen-bond donors (Lipinski definition) is 1. The first-order valence-electron chi connectivity index (χ1n) is 11.3. The molecular weight excluding hydrogens is 436 g/mol. The molecule has 1 aliphatic rings. The van der Waals surface area contributed by atoms with Crippen LogP contribution in [0.5, 0.6) is 5.75 Å². The summed E-state index contributed by atoms with van der Waals surface area (Å²) >= 11 is 1.33. The highest BCUT2D eigenvalue weighted by atomic mass is 32.2. The lowest BCUT2D eigenvalue weighted by atomic mass is 9.97. The zero-order valence-electron chi connectivity index (χ0n) is 19.3. The second-order valence-electron chi connectivity index (χ2n) is 8.44. The highest BCUT2D eigenvalue weighted by Crippen LogP contribution is 2.28. The van der Waals surface area contributed by atoms with Crippen molar-refractivity contribution in [1.29, 1.82) is 0 Å². The van der Waals surface area contributed by atoms with Gasteiger partial charge in [0.1, 0.15) is 12.3 Å². The van der Waals surface area contributed by atoms with E-state index < -0.39 is 0 Å². The number of likely N-dealkylation sites (tertiary alicyclic amines) is 1. The fraction of sp³-hybridized carbons (Fsp3) is 0.400. The normalized spacial score (nSPS) is 18.3. The van der Waals surface area contributed by atoms with Crippen LogP contribution in [0.1, 0.15) is 33.1 Å². The number of piperidine rings is 1. The maximum atomic E-state index is 13.3. The molecule has 8 heteroatoms. The first-order chi connectivity index (χ1) is 16.0. The molecule has 0 bridgehead atoms. The zero-order chi connectivity index (χ0) is 23.4. The monoisotopic (exact) mass is 466 g/mol. The lowest BCUT2D eigenvalue weighted by Gasteiger charge is -2.39. The van der Waals surface area contributed by atoms with Gasteiger partial charge in [0.15, 0.2) is 5.16 Å². The van der Waals surface area contributed by atoms with Crippen molar-refractivity contribution in [3.8, 4) is 5.75 Å². The number of anilines is 1. The number of carbonyl (C=O) groups excluding carboxylic acids is 2. The number of thioether (sulfide) groups is 1. The van der Waals surface area contributed by atoms with Gasteiger partial charge in [-0.2, -0.15) is 0 Å². The fourth-order valence-electron chi connectivity index (χ4n) is 4.51. The molecule has 33 heavy (non-hydrogen) atoms. The van der Waals surface area contributed by atoms with Crippen LogP contribution < -0.4 is 10.1 Å². The van der Waals surface area contributed by atoms with Gasteiger partial charge in [-0.05, 0) is 57.4 Å². The zero-order valence-corrected chi connectivity index (χ0v) is 20.1. The molecule has 2 aromatic carbocycles. The molecule has 174 valence electrons. The summed E-state index contributed by atoms with van der Waals surface area (Å²) in [5.74, 6) is 0.718. The Balaban J connectivity index is 1.51. The van der Waals surface area contributed by atoms with Crippen LogP contribution in [0.2, 0.25) is 0 Å². The summed E-state index contributed by atoms with van der Waals surface area (Å²) < 4.78 is 7.24. The second kappa shape index (κ2) is 10.3. The van der Waals surface area contributed by atoms with Gasteiger partial charge in [-0.3, -0.25) is 9.59 Å². The van der Waals surface area contributed by atoms with Crippen molar-refractivity contribution in [2.75, 3.05) is 18.2 Å². The van der Waals surface area contributed by atoms with E-state index in [9.17, 15) is 9.59 Å². The van der Waals surface area contributed by atoms with Crippen molar-refractivity contribution in [2.24, 2.45) is 0 Å². The quantitative estimate of drug-likeness (QED) is 0.517. The number of nitrogens with zero attached hydrogens (tertiary/aromatic N) is 3. The van der Waals surface area contributed by atoms with Crippen LogP contribution in [0.15, 0.2) is 53.7 Å². The van der Waals surface area contributed by atoms with E-state index in [1.54, 1.807) is 19.2 Å². The Hall–Kier alpha value is -3.00. The van der Waals surface area contributed by atoms with Crippen molar-refractivity contribution in [3.05, 3.63) is 48.5 Å². The van der Waals surface area contributed by atoms with Crippen LogP contribution >= 0.6 is 11.8 Å². The third-order valence-electron chi connectivity index (χ3n) is 6.11. The third kappa shape index (κ3) is 5.16. The van der Waals surface area contributed by atoms with Gasteiger partial charge in [0.25, 0.3) is 0 Å². The molecule has 3 aromatic rings. The molecular formula is C25H30N4O3S. The number of ether oxygens (including phenoxy) is 1. The Morgan fingerprint density at radius 2 is 1.79 bits per heavy atom. The number of methoxy groups -OCH3 is 1. The van der Waals surface area contributed by atoms with Crippen molar-refractivity contribution >= 4 is 40.3 Å². The standard InChI is InChI=1S/C25H30N4O3S/c1-17-9-8-10-18(2)29(17)24(31)15-28-21-13-6-4-11-19(21)27-25(28)33-16-23(30)26-20-12-5-7-14-22(20)32-3/h4-7,11-14,17-18H,8-10,15-16H2,1-3H3,(H,26,30)/t17-,18-/m1/s1. The summed E-state index contributed by atoms with van der Waals surface area (Å²) in [6, 6.07) is 15.5. The van der Waals surface area contributed by atoms with E-state index in [-0.39, 0.29) is 36.2 Å². The Labute approximate surface area is 198 Å². The van der Waals surface area contributed by atoms with Crippen LogP contribution in [-0.2, 0) is 16.1 Å². The minimum absolute atomic E-state index is 0.0955. The maximum Gasteiger partial charge on any atom is 0.243 e. The van der Waals surface area contributed by atoms with Crippen LogP contribution in [0.25, 0.3) is 11.0 Å². The molecule has 1 N–H and O–H groups in total. The summed E-state index contributed by atoms with van der Waals surface area (Å²) in [5.41, 5.74) is 2.34. The number of aromatic nitrogens is 2. The smallest absolute Gasteiger partial charge is 0.243 e. The number of hydrogen-bond acceptors (Lipinski definition) is 5. The predicted molar refractivity (Wildman–Crippen MR) is 132 cm³/mol. The first kappa shape index (κ1) is 23.2. The average molecular weight is 467 g/mol. The number of imidazole rings is 1. The number of rotatable bonds is 7. The van der Waals surface area contributed by atoms with Crippen molar-refractivity contribution < 1.29 is 14.3 Å². The first-order valence-corrected chi connectivity index (χ1v) is 12.3. The van der Waals surface area contributed by atoms with E-state index in [4.69, 9.17) is 9.72 Å². The summed E-state index contributed by atoms with van der Waals surface area (Å²) in [5, 5.41) is 3.56. The number of nitrogens with one attached hydrogen (secondary N) is 1. The summed E-state index contributed by atoms with van der Waals surface area (Å²) in [7, 11) is 1.57. The molecule has 1 aromatic heterocycles. The largest absolute Gasteiger partial charge is 0.495 e. The van der Waals surface area contributed by atoms with Gasteiger partial charge in [-0.15, -0.1) is 0 Å². The van der Waals surface area contributed by atoms with Crippen LogP contribution in [-0.4, -0.2) is 51.2 Å². The van der Waals surface area contributed by atoms with Gasteiger partial charge in [0.2, 0.25) is 11.8 Å². The summed E-state index contributed by atoms with van der Waals surface area (Å²) in [6.07, 6.45) is 3.22. The Morgan fingerprint density at radius 3 is 2.55 bits per heavy atom. The van der Waals surface area contributed by atoms with E-state index in [1.807, 2.05) is 45.9 Å². The Morgan fingerprint density at radius 1 is 1.09 bits per heavy atom. The molecule has 4 rings (SSSR count). The molecule has 2 heterocycles. The van der Waals surface area contributed by atoms with Gasteiger partial charge >= 0.3 is 0 Å². The Kier molecular flexibility index (Phi) is 7.23. The van der Waals surface area contributed by atoms with E-state index in [1.165, 1.54) is 11.8 Å². The fourth-order valence-corrected chi connectivity index (χ4v) is 5.32. The number of fused-ring (bicyclic) bond motifs is 1. The molecule has 0 saturated carbocycles. The van der Waals surface area contributed by atoms with Crippen molar-refractivity contribution in [3.63, 3.8) is 0 Å². The lowest BCUT2D eigenvalue weighted by molar-refractivity contribution is -0.138. The van der Waals surface area contributed by atoms with E-state index in [0.717, 1.165) is 30.3 Å². The SMILES string of the molecule is COc1ccccc1NC(=O)CSc1nc2ccccc2n1CC(=O)N1[C@H](C)CCC[C@H]1C. The molecule has 1 fully saturated rings. The highest BCUT2D eigenvalue weighted by molar-refractivity contribution is 7.99. The van der Waals surface area contributed by atoms with Gasteiger partial charge in [-0.1, -0.05) is 36.0 Å². The third-order valence-corrected chi connectivity index (χ3v) is 7.08. The molecule has 0 aliphatic carbocycles. The molecule has 0 spiro atoms. The molecule has 2 atom stereocenters. The number of para-hydroxylation sites is 4. The lowest BCUT2D eigenvalue weighted by Crippen LogP contribution is -2.48. The molecule has 0 radical (unpaired) electrons. The van der Waals surface area contributed by atoms with Crippen molar-refractivity contribution in [1.82, 2.24) is 14.5 Å². The van der Waals surface area contributed by atoms with Crippen molar-refractivity contribution in [2.45, 2.75) is 56.9 Å². The Bertz CT molecular complexity index is 1140. The maximum absolute atomic E-state index is 13.3. The number of amides is 2. The molecule has 1 saturated heterocycles. The number of carbonyl (C=O) groups is 2. The predicted octanol–water partition coefficient (Wildman–Crippen LogP) is 4.57. The second-order valence-corrected chi connectivity index (χ2v) is 9.38. The van der Waals surface area contributed by atoms with Gasteiger partial charge < -0.3 is 19.5 Å². The van der Waals surface area contributed by atoms with E-state index in [2.05, 4.69) is 19.2 Å². The van der Waals surface area contributed by atoms with E-state index >= 15 is 0 Å². The van der Waals surface area contributed by atoms with Gasteiger partial charge in [-0.25, -0.2) is 4.98 Å². The molecule has 0 unspecified atom stereocenters. The molecule has 1 aliphatic heterocycles. The van der Waals surface area contributed by atoms with Crippen LogP contribution in [0.4, 0.5) is 5.69 Å².